The zero-order valence-electron chi connectivity index (χ0n) is 12.2. The number of rotatable bonds is 4. The summed E-state index contributed by atoms with van der Waals surface area (Å²) in [5.74, 6) is 2.04. The molecule has 3 aromatic rings. The van der Waals surface area contributed by atoms with E-state index in [9.17, 15) is 0 Å². The van der Waals surface area contributed by atoms with Gasteiger partial charge in [-0.3, -0.25) is 0 Å². The predicted molar refractivity (Wildman–Crippen MR) is 83.0 cm³/mol. The fraction of sp³-hybridized carbons (Fsp3) is 0.353. The summed E-state index contributed by atoms with van der Waals surface area (Å²) in [6.45, 7) is 2.66. The molecular weight excluding hydrogens is 262 g/mol. The van der Waals surface area contributed by atoms with E-state index >= 15 is 0 Å². The van der Waals surface area contributed by atoms with Crippen LogP contribution in [-0.4, -0.2) is 9.55 Å². The van der Waals surface area contributed by atoms with Crippen LogP contribution in [0.4, 0.5) is 0 Å². The van der Waals surface area contributed by atoms with Crippen LogP contribution < -0.4 is 5.73 Å². The van der Waals surface area contributed by atoms with E-state index in [-0.39, 0.29) is 0 Å². The SMILES string of the molecule is CCc1occc1-c1nc2cc(CN)ccc2n1C1CC1. The number of aromatic nitrogens is 2. The van der Waals surface area contributed by atoms with Crippen LogP contribution in [0.2, 0.25) is 0 Å². The van der Waals surface area contributed by atoms with E-state index < -0.39 is 0 Å². The molecule has 2 heterocycles. The van der Waals surface area contributed by atoms with Gasteiger partial charge in [0.15, 0.2) is 0 Å². The van der Waals surface area contributed by atoms with Crippen molar-refractivity contribution in [2.75, 3.05) is 0 Å². The van der Waals surface area contributed by atoms with Gasteiger partial charge in [0, 0.05) is 19.0 Å². The molecule has 21 heavy (non-hydrogen) atoms. The highest BCUT2D eigenvalue weighted by molar-refractivity contribution is 5.82. The van der Waals surface area contributed by atoms with E-state index in [4.69, 9.17) is 15.1 Å². The Bertz CT molecular complexity index is 796. The summed E-state index contributed by atoms with van der Waals surface area (Å²) in [5, 5.41) is 0. The van der Waals surface area contributed by atoms with Crippen molar-refractivity contribution in [2.24, 2.45) is 5.73 Å². The summed E-state index contributed by atoms with van der Waals surface area (Å²) >= 11 is 0. The zero-order valence-corrected chi connectivity index (χ0v) is 12.2. The van der Waals surface area contributed by atoms with Crippen LogP contribution in [0.25, 0.3) is 22.4 Å². The molecule has 1 fully saturated rings. The second-order valence-corrected chi connectivity index (χ2v) is 5.67. The highest BCUT2D eigenvalue weighted by Crippen LogP contribution is 2.42. The molecule has 0 unspecified atom stereocenters. The van der Waals surface area contributed by atoms with E-state index in [0.29, 0.717) is 12.6 Å². The van der Waals surface area contributed by atoms with Gasteiger partial charge in [0.25, 0.3) is 0 Å². The fourth-order valence-electron chi connectivity index (χ4n) is 2.98. The number of nitrogens with zero attached hydrogens (tertiary/aromatic N) is 2. The third-order valence-electron chi connectivity index (χ3n) is 4.21. The van der Waals surface area contributed by atoms with Crippen molar-refractivity contribution >= 4 is 11.0 Å². The normalized spacial score (nSPS) is 15.0. The maximum atomic E-state index is 5.75. The number of imidazole rings is 1. The lowest BCUT2D eigenvalue weighted by Crippen LogP contribution is -1.98. The molecule has 0 spiro atoms. The first-order valence-corrected chi connectivity index (χ1v) is 7.59. The van der Waals surface area contributed by atoms with Crippen LogP contribution in [0.15, 0.2) is 34.9 Å². The summed E-state index contributed by atoms with van der Waals surface area (Å²) in [6.07, 6.45) is 5.10. The van der Waals surface area contributed by atoms with Gasteiger partial charge in [0.2, 0.25) is 0 Å². The fourth-order valence-corrected chi connectivity index (χ4v) is 2.98. The first kappa shape index (κ1) is 12.7. The van der Waals surface area contributed by atoms with Crippen molar-refractivity contribution < 1.29 is 4.42 Å². The molecule has 0 radical (unpaired) electrons. The van der Waals surface area contributed by atoms with Crippen molar-refractivity contribution in [3.8, 4) is 11.4 Å². The minimum Gasteiger partial charge on any atom is -0.469 e. The molecule has 1 aliphatic carbocycles. The van der Waals surface area contributed by atoms with Gasteiger partial charge in [0.1, 0.15) is 11.6 Å². The molecule has 4 heteroatoms. The van der Waals surface area contributed by atoms with Crippen LogP contribution in [0.3, 0.4) is 0 Å². The number of furan rings is 1. The second kappa shape index (κ2) is 4.74. The minimum atomic E-state index is 0.549. The molecule has 0 aliphatic heterocycles. The Kier molecular flexibility index (Phi) is 2.86. The highest BCUT2D eigenvalue weighted by Gasteiger charge is 2.29. The van der Waals surface area contributed by atoms with Crippen LogP contribution in [0, 0.1) is 0 Å². The molecule has 0 amide bonds. The lowest BCUT2D eigenvalue weighted by atomic mass is 10.2. The zero-order chi connectivity index (χ0) is 14.4. The molecule has 1 aromatic carbocycles. The Morgan fingerprint density at radius 1 is 1.33 bits per heavy atom. The maximum Gasteiger partial charge on any atom is 0.144 e. The van der Waals surface area contributed by atoms with Crippen LogP contribution in [0.5, 0.6) is 0 Å². The van der Waals surface area contributed by atoms with Crippen molar-refractivity contribution in [1.82, 2.24) is 9.55 Å². The summed E-state index contributed by atoms with van der Waals surface area (Å²) in [7, 11) is 0. The monoisotopic (exact) mass is 281 g/mol. The Labute approximate surface area is 123 Å². The second-order valence-electron chi connectivity index (χ2n) is 5.67. The van der Waals surface area contributed by atoms with Crippen molar-refractivity contribution in [1.29, 1.82) is 0 Å². The van der Waals surface area contributed by atoms with Gasteiger partial charge in [-0.1, -0.05) is 13.0 Å². The Morgan fingerprint density at radius 2 is 2.19 bits per heavy atom. The molecule has 0 atom stereocenters. The molecule has 4 rings (SSSR count). The quantitative estimate of drug-likeness (QED) is 0.794. The van der Waals surface area contributed by atoms with E-state index in [0.717, 1.165) is 34.6 Å². The maximum absolute atomic E-state index is 5.75. The topological polar surface area (TPSA) is 57.0 Å². The smallest absolute Gasteiger partial charge is 0.144 e. The summed E-state index contributed by atoms with van der Waals surface area (Å²) < 4.78 is 7.97. The Morgan fingerprint density at radius 3 is 2.90 bits per heavy atom. The van der Waals surface area contributed by atoms with Gasteiger partial charge in [-0.15, -0.1) is 0 Å². The Hall–Kier alpha value is -2.07. The summed E-state index contributed by atoms with van der Waals surface area (Å²) in [6, 6.07) is 8.96. The standard InChI is InChI=1S/C17H19N3O/c1-2-16-13(7-8-21-16)17-19-14-9-11(10-18)3-6-15(14)20(17)12-4-5-12/h3,6-9,12H,2,4-5,10,18H2,1H3. The first-order valence-electron chi connectivity index (χ1n) is 7.59. The number of benzene rings is 1. The largest absolute Gasteiger partial charge is 0.469 e. The van der Waals surface area contributed by atoms with E-state index in [1.54, 1.807) is 6.26 Å². The van der Waals surface area contributed by atoms with Gasteiger partial charge in [-0.2, -0.15) is 0 Å². The molecule has 108 valence electrons. The average Bonchev–Trinajstić information content (AvgIpc) is 3.12. The van der Waals surface area contributed by atoms with Gasteiger partial charge >= 0.3 is 0 Å². The van der Waals surface area contributed by atoms with Gasteiger partial charge in [0.05, 0.1) is 22.9 Å². The molecular formula is C17H19N3O. The summed E-state index contributed by atoms with van der Waals surface area (Å²) in [4.78, 5) is 4.88. The number of hydrogen-bond acceptors (Lipinski definition) is 3. The first-order chi connectivity index (χ1) is 10.3. The molecule has 0 bridgehead atoms. The molecule has 4 nitrogen and oxygen atoms in total. The average molecular weight is 281 g/mol. The van der Waals surface area contributed by atoms with Crippen LogP contribution in [-0.2, 0) is 13.0 Å². The van der Waals surface area contributed by atoms with Crippen LogP contribution >= 0.6 is 0 Å². The number of aryl methyl sites for hydroxylation is 1. The molecule has 0 saturated heterocycles. The lowest BCUT2D eigenvalue weighted by Gasteiger charge is -2.07. The third-order valence-corrected chi connectivity index (χ3v) is 4.21. The van der Waals surface area contributed by atoms with Gasteiger partial charge in [-0.05, 0) is 36.6 Å². The van der Waals surface area contributed by atoms with Gasteiger partial charge in [-0.25, -0.2) is 4.98 Å². The molecule has 1 saturated carbocycles. The van der Waals surface area contributed by atoms with Crippen molar-refractivity contribution in [2.45, 2.75) is 38.8 Å². The van der Waals surface area contributed by atoms with E-state index in [1.807, 2.05) is 6.07 Å². The number of nitrogens with two attached hydrogens (primary N) is 1. The number of fused-ring (bicyclic) bond motifs is 1. The van der Waals surface area contributed by atoms with Crippen LogP contribution in [0.1, 0.15) is 37.1 Å². The molecule has 2 aromatic heterocycles. The van der Waals surface area contributed by atoms with Gasteiger partial charge < -0.3 is 14.7 Å². The van der Waals surface area contributed by atoms with Crippen molar-refractivity contribution in [3.63, 3.8) is 0 Å². The number of hydrogen-bond donors (Lipinski definition) is 1. The van der Waals surface area contributed by atoms with Crippen molar-refractivity contribution in [3.05, 3.63) is 41.9 Å². The minimum absolute atomic E-state index is 0.549. The summed E-state index contributed by atoms with van der Waals surface area (Å²) in [5.41, 5.74) is 10.2. The molecule has 2 N–H and O–H groups in total. The lowest BCUT2D eigenvalue weighted by molar-refractivity contribution is 0.516. The third kappa shape index (κ3) is 1.98. The van der Waals surface area contributed by atoms with E-state index in [1.165, 1.54) is 18.4 Å². The Balaban J connectivity index is 1.97. The van der Waals surface area contributed by atoms with E-state index in [2.05, 4.69) is 29.7 Å². The predicted octanol–water partition coefficient (Wildman–Crippen LogP) is 3.65. The highest BCUT2D eigenvalue weighted by atomic mass is 16.3. The molecule has 1 aliphatic rings.